The summed E-state index contributed by atoms with van der Waals surface area (Å²) in [6.45, 7) is -0.247. The summed E-state index contributed by atoms with van der Waals surface area (Å²) in [6, 6.07) is 0. The highest BCUT2D eigenvalue weighted by atomic mass is 19.4. The van der Waals surface area contributed by atoms with Crippen LogP contribution in [-0.2, 0) is 14.3 Å². The molecule has 0 amide bonds. The molecule has 0 saturated heterocycles. The Kier molecular flexibility index (Phi) is 6.34. The number of methoxy groups -OCH3 is 1. The van der Waals surface area contributed by atoms with Gasteiger partial charge in [-0.25, -0.2) is 4.79 Å². The van der Waals surface area contributed by atoms with Crippen molar-refractivity contribution < 1.29 is 27.4 Å². The van der Waals surface area contributed by atoms with Gasteiger partial charge in [-0.2, -0.15) is 13.2 Å². The lowest BCUT2D eigenvalue weighted by atomic mass is 9.85. The van der Waals surface area contributed by atoms with Crippen LogP contribution in [0.2, 0.25) is 0 Å². The Morgan fingerprint density at radius 2 is 1.95 bits per heavy atom. The predicted molar refractivity (Wildman–Crippen MR) is 63.5 cm³/mol. The van der Waals surface area contributed by atoms with E-state index in [1.54, 1.807) is 0 Å². The fraction of sp³-hybridized carbons (Fsp3) is 0.769. The SMILES string of the molecule is COCC(=O)O[C@@H](/C=C\C(F)(F)F)C1CCCCC1. The number of carbonyl (C=O) groups is 1. The molecule has 1 fully saturated rings. The first-order valence-electron chi connectivity index (χ1n) is 6.37. The summed E-state index contributed by atoms with van der Waals surface area (Å²) >= 11 is 0. The molecule has 1 aliphatic rings. The van der Waals surface area contributed by atoms with Gasteiger partial charge in [0.25, 0.3) is 0 Å². The van der Waals surface area contributed by atoms with E-state index in [2.05, 4.69) is 4.74 Å². The predicted octanol–water partition coefficient (Wildman–Crippen LogP) is 3.24. The molecule has 0 aromatic carbocycles. The van der Waals surface area contributed by atoms with E-state index in [0.29, 0.717) is 0 Å². The molecule has 0 bridgehead atoms. The van der Waals surface area contributed by atoms with Crippen molar-refractivity contribution in [2.24, 2.45) is 5.92 Å². The van der Waals surface area contributed by atoms with Gasteiger partial charge in [0, 0.05) is 13.2 Å². The third kappa shape index (κ3) is 6.61. The number of allylic oxidation sites excluding steroid dienone is 1. The van der Waals surface area contributed by atoms with E-state index in [9.17, 15) is 18.0 Å². The van der Waals surface area contributed by atoms with Gasteiger partial charge in [0.15, 0.2) is 0 Å². The topological polar surface area (TPSA) is 35.5 Å². The zero-order valence-corrected chi connectivity index (χ0v) is 10.9. The van der Waals surface area contributed by atoms with Crippen molar-refractivity contribution in [1.29, 1.82) is 0 Å². The van der Waals surface area contributed by atoms with Gasteiger partial charge in [0.05, 0.1) is 0 Å². The molecule has 3 nitrogen and oxygen atoms in total. The minimum atomic E-state index is -4.39. The molecule has 0 spiro atoms. The van der Waals surface area contributed by atoms with Crippen molar-refractivity contribution >= 4 is 5.97 Å². The molecule has 0 radical (unpaired) electrons. The summed E-state index contributed by atoms with van der Waals surface area (Å²) in [5, 5.41) is 0. The first kappa shape index (κ1) is 16.0. The molecule has 0 aliphatic heterocycles. The number of alkyl halides is 3. The highest BCUT2D eigenvalue weighted by Crippen LogP contribution is 2.29. The standard InChI is InChI=1S/C13H19F3O3/c1-18-9-12(17)19-11(7-8-13(14,15)16)10-5-3-2-4-6-10/h7-8,10-11H,2-6,9H2,1H3/b8-7-/t11-/m0/s1. The van der Waals surface area contributed by atoms with Gasteiger partial charge in [-0.1, -0.05) is 19.3 Å². The van der Waals surface area contributed by atoms with Crippen molar-refractivity contribution in [3.05, 3.63) is 12.2 Å². The Morgan fingerprint density at radius 3 is 2.47 bits per heavy atom. The summed E-state index contributed by atoms with van der Waals surface area (Å²) in [5.74, 6) is -0.668. The average Bonchev–Trinajstić information content (AvgIpc) is 2.35. The molecule has 6 heteroatoms. The van der Waals surface area contributed by atoms with Gasteiger partial charge < -0.3 is 9.47 Å². The molecular weight excluding hydrogens is 261 g/mol. The molecule has 0 unspecified atom stereocenters. The fourth-order valence-electron chi connectivity index (χ4n) is 2.26. The van der Waals surface area contributed by atoms with Crippen LogP contribution in [0, 0.1) is 5.92 Å². The highest BCUT2D eigenvalue weighted by Gasteiger charge is 2.28. The van der Waals surface area contributed by atoms with Crippen LogP contribution < -0.4 is 0 Å². The van der Waals surface area contributed by atoms with E-state index in [1.165, 1.54) is 7.11 Å². The molecule has 1 aliphatic carbocycles. The number of hydrogen-bond donors (Lipinski definition) is 0. The maximum Gasteiger partial charge on any atom is 0.409 e. The Bertz CT molecular complexity index is 307. The molecule has 0 N–H and O–H groups in total. The molecular formula is C13H19F3O3. The number of rotatable bonds is 5. The normalized spacial score (nSPS) is 19.6. The van der Waals surface area contributed by atoms with Crippen LogP contribution in [0.5, 0.6) is 0 Å². The second kappa shape index (κ2) is 7.53. The van der Waals surface area contributed by atoms with Crippen molar-refractivity contribution in [2.75, 3.05) is 13.7 Å². The van der Waals surface area contributed by atoms with E-state index in [4.69, 9.17) is 4.74 Å². The van der Waals surface area contributed by atoms with E-state index < -0.39 is 18.2 Å². The first-order chi connectivity index (χ1) is 8.92. The minimum absolute atomic E-state index is 0.0341. The van der Waals surface area contributed by atoms with Crippen molar-refractivity contribution in [2.45, 2.75) is 44.4 Å². The molecule has 1 rings (SSSR count). The van der Waals surface area contributed by atoms with Crippen molar-refractivity contribution in [3.8, 4) is 0 Å². The van der Waals surface area contributed by atoms with Gasteiger partial charge in [-0.05, 0) is 24.8 Å². The van der Waals surface area contributed by atoms with Crippen molar-refractivity contribution in [3.63, 3.8) is 0 Å². The van der Waals surface area contributed by atoms with Crippen LogP contribution in [0.1, 0.15) is 32.1 Å². The zero-order chi connectivity index (χ0) is 14.3. The summed E-state index contributed by atoms with van der Waals surface area (Å²) in [6.07, 6.45) is 0.463. The van der Waals surface area contributed by atoms with Crippen LogP contribution in [0.3, 0.4) is 0 Å². The Hall–Kier alpha value is -1.04. The first-order valence-corrected chi connectivity index (χ1v) is 6.37. The largest absolute Gasteiger partial charge is 0.456 e. The minimum Gasteiger partial charge on any atom is -0.456 e. The molecule has 1 saturated carbocycles. The van der Waals surface area contributed by atoms with E-state index in [-0.39, 0.29) is 18.6 Å². The Morgan fingerprint density at radius 1 is 1.32 bits per heavy atom. The Labute approximate surface area is 110 Å². The van der Waals surface area contributed by atoms with Gasteiger partial charge in [0.1, 0.15) is 12.7 Å². The third-order valence-corrected chi connectivity index (χ3v) is 3.12. The van der Waals surface area contributed by atoms with Crippen molar-refractivity contribution in [1.82, 2.24) is 0 Å². The number of hydrogen-bond acceptors (Lipinski definition) is 3. The average molecular weight is 280 g/mol. The number of halogens is 3. The maximum absolute atomic E-state index is 12.2. The van der Waals surface area contributed by atoms with Gasteiger partial charge in [-0.3, -0.25) is 0 Å². The lowest BCUT2D eigenvalue weighted by Crippen LogP contribution is -2.29. The van der Waals surface area contributed by atoms with Gasteiger partial charge >= 0.3 is 12.1 Å². The summed E-state index contributed by atoms with van der Waals surface area (Å²) in [5.41, 5.74) is 0. The summed E-state index contributed by atoms with van der Waals surface area (Å²) < 4.78 is 46.3. The van der Waals surface area contributed by atoms with Gasteiger partial charge in [0.2, 0.25) is 0 Å². The number of carbonyl (C=O) groups excluding carboxylic acids is 1. The Balaban J connectivity index is 2.66. The lowest BCUT2D eigenvalue weighted by Gasteiger charge is -2.28. The molecule has 19 heavy (non-hydrogen) atoms. The lowest BCUT2D eigenvalue weighted by molar-refractivity contribution is -0.154. The van der Waals surface area contributed by atoms with Crippen LogP contribution in [-0.4, -0.2) is 32.0 Å². The monoisotopic (exact) mass is 280 g/mol. The van der Waals surface area contributed by atoms with E-state index >= 15 is 0 Å². The quantitative estimate of drug-likeness (QED) is 0.573. The summed E-state index contributed by atoms with van der Waals surface area (Å²) in [7, 11) is 1.34. The van der Waals surface area contributed by atoms with Crippen LogP contribution in [0.25, 0.3) is 0 Å². The number of ether oxygens (including phenoxy) is 2. The number of esters is 1. The van der Waals surface area contributed by atoms with E-state index in [1.807, 2.05) is 0 Å². The van der Waals surface area contributed by atoms with E-state index in [0.717, 1.165) is 38.2 Å². The zero-order valence-electron chi connectivity index (χ0n) is 10.9. The molecule has 0 aromatic rings. The molecule has 0 aromatic heterocycles. The maximum atomic E-state index is 12.2. The van der Waals surface area contributed by atoms with Crippen LogP contribution in [0.4, 0.5) is 13.2 Å². The second-order valence-corrected chi connectivity index (χ2v) is 4.69. The second-order valence-electron chi connectivity index (χ2n) is 4.69. The molecule has 0 heterocycles. The van der Waals surface area contributed by atoms with Crippen LogP contribution in [0.15, 0.2) is 12.2 Å². The molecule has 110 valence electrons. The highest BCUT2D eigenvalue weighted by molar-refractivity contribution is 5.71. The third-order valence-electron chi connectivity index (χ3n) is 3.12. The van der Waals surface area contributed by atoms with Gasteiger partial charge in [-0.15, -0.1) is 0 Å². The summed E-state index contributed by atoms with van der Waals surface area (Å²) in [4.78, 5) is 11.4. The fourth-order valence-corrected chi connectivity index (χ4v) is 2.26. The van der Waals surface area contributed by atoms with Crippen LogP contribution >= 0.6 is 0 Å². The molecule has 1 atom stereocenters. The smallest absolute Gasteiger partial charge is 0.409 e.